The van der Waals surface area contributed by atoms with Crippen LogP contribution in [-0.2, 0) is 18.4 Å². The first kappa shape index (κ1) is 21.3. The number of carboxylic acid groups (broad SMARTS) is 1. The topological polar surface area (TPSA) is 122 Å². The third kappa shape index (κ3) is 4.83. The molecule has 0 bridgehead atoms. The second kappa shape index (κ2) is 9.27. The van der Waals surface area contributed by atoms with Crippen molar-refractivity contribution in [1.82, 2.24) is 19.1 Å². The normalized spacial score (nSPS) is 10.6. The van der Waals surface area contributed by atoms with Crippen LogP contribution in [0.4, 0.5) is 0 Å². The zero-order chi connectivity index (χ0) is 18.7. The van der Waals surface area contributed by atoms with Gasteiger partial charge in [0.25, 0.3) is 5.56 Å². The number of hydrogen-bond donors (Lipinski definition) is 1. The van der Waals surface area contributed by atoms with Crippen LogP contribution >= 0.6 is 11.8 Å². The van der Waals surface area contributed by atoms with Gasteiger partial charge in [0.15, 0.2) is 16.3 Å². The Hall–Kier alpha value is -2.01. The fourth-order valence-corrected chi connectivity index (χ4v) is 3.16. The largest absolute Gasteiger partial charge is 1.00 e. The van der Waals surface area contributed by atoms with Gasteiger partial charge in [-0.1, -0.05) is 30.0 Å². The van der Waals surface area contributed by atoms with Crippen LogP contribution in [0, 0.1) is 0 Å². The first-order chi connectivity index (χ1) is 12.5. The molecule has 27 heavy (non-hydrogen) atoms. The summed E-state index contributed by atoms with van der Waals surface area (Å²) in [6, 6.07) is 9.14. The van der Waals surface area contributed by atoms with E-state index in [1.54, 1.807) is 16.7 Å². The molecule has 0 aliphatic heterocycles. The van der Waals surface area contributed by atoms with Gasteiger partial charge >= 0.3 is 35.2 Å². The predicted octanol–water partition coefficient (Wildman–Crippen LogP) is -3.65. The summed E-state index contributed by atoms with van der Waals surface area (Å²) in [5.74, 6) is -0.909. The average molecular weight is 398 g/mol. The minimum atomic E-state index is -1.25. The number of aromatic amines is 1. The van der Waals surface area contributed by atoms with Crippen LogP contribution < -0.4 is 50.6 Å². The van der Waals surface area contributed by atoms with Crippen LogP contribution in [0.2, 0.25) is 0 Å². The van der Waals surface area contributed by atoms with Crippen molar-refractivity contribution in [3.63, 3.8) is 0 Å². The Bertz CT molecular complexity index is 1060. The third-order valence-corrected chi connectivity index (χ3v) is 4.57. The number of rotatable bonds is 7. The number of fused-ring (bicyclic) bond motifs is 1. The second-order valence-electron chi connectivity index (χ2n) is 5.36. The van der Waals surface area contributed by atoms with Crippen molar-refractivity contribution in [2.24, 2.45) is 7.05 Å². The number of carbonyl (C=O) groups excluding carboxylic acids is 1. The number of carboxylic acids is 1. The maximum absolute atomic E-state index is 12.2. The number of hydrogen-bond acceptors (Lipinski definition) is 7. The molecule has 0 atom stereocenters. The maximum atomic E-state index is 12.2. The molecule has 0 fully saturated rings. The fourth-order valence-electron chi connectivity index (χ4n) is 2.43. The van der Waals surface area contributed by atoms with Gasteiger partial charge in [0.2, 0.25) is 0 Å². The van der Waals surface area contributed by atoms with Gasteiger partial charge in [0.05, 0.1) is 12.5 Å². The minimum Gasteiger partial charge on any atom is -0.549 e. The molecule has 0 spiro atoms. The Morgan fingerprint density at radius 2 is 2.00 bits per heavy atom. The number of benzene rings is 1. The summed E-state index contributed by atoms with van der Waals surface area (Å²) in [6.07, 6.45) is 0. The first-order valence-corrected chi connectivity index (χ1v) is 8.66. The number of aromatic nitrogens is 4. The zero-order valence-corrected chi connectivity index (χ0v) is 17.6. The van der Waals surface area contributed by atoms with E-state index in [1.807, 2.05) is 18.2 Å². The standard InChI is InChI=1S/C16H16N4O5S.Na/c1-19-13-12(14(23)18-15(19)24)20(16(17-13)26-9-11(21)22)7-8-25-10-5-3-2-4-6-10;/h2-6H,7-9H2,1H3,(H,21,22)(H,18,23,24);/q;+1/p-1. The number of ether oxygens (including phenoxy) is 1. The van der Waals surface area contributed by atoms with Crippen molar-refractivity contribution < 1.29 is 44.2 Å². The number of aryl methyl sites for hydroxylation is 1. The summed E-state index contributed by atoms with van der Waals surface area (Å²) in [7, 11) is 1.48. The molecule has 0 aliphatic carbocycles. The summed E-state index contributed by atoms with van der Waals surface area (Å²) >= 11 is 0.917. The van der Waals surface area contributed by atoms with Crippen LogP contribution in [0.15, 0.2) is 45.1 Å². The molecule has 3 rings (SSSR count). The number of thioether (sulfide) groups is 1. The zero-order valence-electron chi connectivity index (χ0n) is 14.8. The molecule has 1 N–H and O–H groups in total. The van der Waals surface area contributed by atoms with E-state index in [0.717, 1.165) is 11.8 Å². The summed E-state index contributed by atoms with van der Waals surface area (Å²) in [5.41, 5.74) is -0.816. The van der Waals surface area contributed by atoms with Gasteiger partial charge < -0.3 is 19.2 Å². The molecule has 0 saturated heterocycles. The van der Waals surface area contributed by atoms with Gasteiger partial charge in [-0.05, 0) is 12.1 Å². The average Bonchev–Trinajstić information content (AvgIpc) is 2.98. The molecule has 0 radical (unpaired) electrons. The van der Waals surface area contributed by atoms with E-state index in [0.29, 0.717) is 10.9 Å². The van der Waals surface area contributed by atoms with Gasteiger partial charge in [-0.3, -0.25) is 14.3 Å². The molecule has 9 nitrogen and oxygen atoms in total. The summed E-state index contributed by atoms with van der Waals surface area (Å²) < 4.78 is 8.38. The minimum absolute atomic E-state index is 0. The summed E-state index contributed by atoms with van der Waals surface area (Å²) in [5, 5.41) is 11.1. The van der Waals surface area contributed by atoms with E-state index < -0.39 is 17.2 Å². The molecule has 11 heteroatoms. The number of carbonyl (C=O) groups is 1. The van der Waals surface area contributed by atoms with Crippen molar-refractivity contribution in [1.29, 1.82) is 0 Å². The maximum Gasteiger partial charge on any atom is 1.00 e. The van der Waals surface area contributed by atoms with Crippen molar-refractivity contribution in [3.8, 4) is 5.75 Å². The van der Waals surface area contributed by atoms with E-state index in [-0.39, 0.29) is 59.6 Å². The quantitative estimate of drug-likeness (QED) is 0.322. The van der Waals surface area contributed by atoms with Gasteiger partial charge in [-0.15, -0.1) is 0 Å². The number of para-hydroxylation sites is 1. The van der Waals surface area contributed by atoms with Gasteiger partial charge in [0.1, 0.15) is 12.4 Å². The van der Waals surface area contributed by atoms with Crippen LogP contribution in [0.25, 0.3) is 11.2 Å². The van der Waals surface area contributed by atoms with E-state index in [1.165, 1.54) is 11.6 Å². The SMILES string of the molecule is Cn1c(=O)[nH]c(=O)c2c1nc(SCC(=O)[O-])n2CCOc1ccccc1.[Na+]. The number of H-pyrrole nitrogens is 1. The monoisotopic (exact) mass is 398 g/mol. The Balaban J connectivity index is 0.00000261. The van der Waals surface area contributed by atoms with Crippen molar-refractivity contribution >= 4 is 28.9 Å². The molecule has 136 valence electrons. The Kier molecular flexibility index (Phi) is 7.31. The van der Waals surface area contributed by atoms with Gasteiger partial charge in [0, 0.05) is 12.8 Å². The molecular formula is C16H15N4NaO5S. The smallest absolute Gasteiger partial charge is 0.549 e. The summed E-state index contributed by atoms with van der Waals surface area (Å²) in [4.78, 5) is 41.3. The molecule has 0 aliphatic rings. The van der Waals surface area contributed by atoms with E-state index in [9.17, 15) is 19.5 Å². The Morgan fingerprint density at radius 1 is 1.30 bits per heavy atom. The van der Waals surface area contributed by atoms with Crippen LogP contribution in [0.1, 0.15) is 0 Å². The van der Waals surface area contributed by atoms with Gasteiger partial charge in [-0.2, -0.15) is 0 Å². The van der Waals surface area contributed by atoms with E-state index in [4.69, 9.17) is 4.74 Å². The second-order valence-corrected chi connectivity index (χ2v) is 6.30. The van der Waals surface area contributed by atoms with Gasteiger partial charge in [-0.25, -0.2) is 9.78 Å². The summed E-state index contributed by atoms with van der Waals surface area (Å²) in [6.45, 7) is 0.485. The number of nitrogens with zero attached hydrogens (tertiary/aromatic N) is 3. The fraction of sp³-hybridized carbons (Fsp3) is 0.250. The molecule has 2 heterocycles. The first-order valence-electron chi connectivity index (χ1n) is 7.67. The molecule has 3 aromatic rings. The number of imidazole rings is 1. The van der Waals surface area contributed by atoms with Crippen LogP contribution in [-0.4, -0.2) is 37.4 Å². The van der Waals surface area contributed by atoms with Crippen LogP contribution in [0.3, 0.4) is 0 Å². The Morgan fingerprint density at radius 3 is 2.67 bits per heavy atom. The number of nitrogens with one attached hydrogen (secondary N) is 1. The van der Waals surface area contributed by atoms with Crippen molar-refractivity contribution in [3.05, 3.63) is 51.2 Å². The Labute approximate surface area is 179 Å². The van der Waals surface area contributed by atoms with Crippen molar-refractivity contribution in [2.75, 3.05) is 12.4 Å². The van der Waals surface area contributed by atoms with E-state index >= 15 is 0 Å². The molecule has 2 aromatic heterocycles. The third-order valence-electron chi connectivity index (χ3n) is 3.62. The molecule has 1 aromatic carbocycles. The van der Waals surface area contributed by atoms with Crippen LogP contribution in [0.5, 0.6) is 5.75 Å². The van der Waals surface area contributed by atoms with Crippen molar-refractivity contribution in [2.45, 2.75) is 11.7 Å². The van der Waals surface area contributed by atoms with E-state index in [2.05, 4.69) is 9.97 Å². The molecule has 0 amide bonds. The molecule has 0 saturated carbocycles. The number of aliphatic carboxylic acids is 1. The predicted molar refractivity (Wildman–Crippen MR) is 93.3 cm³/mol. The molecular weight excluding hydrogens is 383 g/mol. The molecule has 0 unspecified atom stereocenters.